The topological polar surface area (TPSA) is 76.7 Å². The Balaban J connectivity index is 1.91. The van der Waals surface area contributed by atoms with Crippen LogP contribution in [-0.4, -0.2) is 38.0 Å². The van der Waals surface area contributed by atoms with Gasteiger partial charge in [-0.25, -0.2) is 4.79 Å². The maximum Gasteiger partial charge on any atom is 0.408 e. The van der Waals surface area contributed by atoms with E-state index in [0.29, 0.717) is 25.2 Å². The van der Waals surface area contributed by atoms with Crippen molar-refractivity contribution in [1.29, 1.82) is 0 Å². The fourth-order valence-corrected chi connectivity index (χ4v) is 2.58. The summed E-state index contributed by atoms with van der Waals surface area (Å²) in [6, 6.07) is 11.0. The van der Waals surface area contributed by atoms with Crippen LogP contribution in [0, 0.1) is 12.3 Å². The predicted molar refractivity (Wildman–Crippen MR) is 109 cm³/mol. The Morgan fingerprint density at radius 3 is 2.50 bits per heavy atom. The lowest BCUT2D eigenvalue weighted by Crippen LogP contribution is -2.47. The molecule has 0 radical (unpaired) electrons. The predicted octanol–water partition coefficient (Wildman–Crippen LogP) is 3.44. The molecule has 0 spiro atoms. The maximum absolute atomic E-state index is 12.5. The van der Waals surface area contributed by atoms with Gasteiger partial charge < -0.3 is 20.1 Å². The number of amides is 2. The van der Waals surface area contributed by atoms with Gasteiger partial charge in [-0.1, -0.05) is 31.9 Å². The van der Waals surface area contributed by atoms with E-state index in [4.69, 9.17) is 15.9 Å². The van der Waals surface area contributed by atoms with Gasteiger partial charge in [0.25, 0.3) is 5.91 Å². The molecule has 0 aliphatic carbocycles. The summed E-state index contributed by atoms with van der Waals surface area (Å²) in [6.07, 6.45) is 5.73. The molecule has 2 aromatic carbocycles. The van der Waals surface area contributed by atoms with Crippen molar-refractivity contribution in [2.75, 3.05) is 19.8 Å². The zero-order chi connectivity index (χ0) is 20.4. The highest BCUT2D eigenvalue weighted by atomic mass is 16.6. The molecule has 0 aliphatic heterocycles. The van der Waals surface area contributed by atoms with Crippen molar-refractivity contribution in [3.8, 4) is 12.3 Å². The average Bonchev–Trinajstić information content (AvgIpc) is 2.72. The Morgan fingerprint density at radius 2 is 1.79 bits per heavy atom. The van der Waals surface area contributed by atoms with Gasteiger partial charge in [0.05, 0.1) is 6.61 Å². The number of carbonyl (C=O) groups excluding carboxylic acids is 2. The molecule has 1 atom stereocenters. The van der Waals surface area contributed by atoms with E-state index in [0.717, 1.165) is 22.8 Å². The number of fused-ring (bicyclic) bond motifs is 1. The Hall–Kier alpha value is -3.04. The van der Waals surface area contributed by atoms with E-state index < -0.39 is 12.3 Å². The van der Waals surface area contributed by atoms with Gasteiger partial charge in [0.2, 0.25) is 0 Å². The van der Waals surface area contributed by atoms with E-state index in [-0.39, 0.29) is 12.5 Å². The number of ether oxygens (including phenoxy) is 2. The quantitative estimate of drug-likeness (QED) is 0.396. The van der Waals surface area contributed by atoms with Crippen LogP contribution in [0.1, 0.15) is 42.6 Å². The van der Waals surface area contributed by atoms with Gasteiger partial charge >= 0.3 is 6.09 Å². The monoisotopic (exact) mass is 382 g/mol. The Morgan fingerprint density at radius 1 is 1.04 bits per heavy atom. The molecule has 0 aromatic heterocycles. The lowest BCUT2D eigenvalue weighted by atomic mass is 10.0. The molecule has 2 aromatic rings. The zero-order valence-corrected chi connectivity index (χ0v) is 16.3. The molecule has 6 heteroatoms. The van der Waals surface area contributed by atoms with Gasteiger partial charge in [0, 0.05) is 17.7 Å². The van der Waals surface area contributed by atoms with Crippen molar-refractivity contribution in [1.82, 2.24) is 10.6 Å². The van der Waals surface area contributed by atoms with Crippen molar-refractivity contribution in [3.63, 3.8) is 0 Å². The number of benzene rings is 2. The maximum atomic E-state index is 12.5. The van der Waals surface area contributed by atoms with E-state index in [1.165, 1.54) is 0 Å². The van der Waals surface area contributed by atoms with Crippen LogP contribution in [0.5, 0.6) is 0 Å². The molecule has 1 unspecified atom stereocenters. The van der Waals surface area contributed by atoms with Crippen molar-refractivity contribution in [2.45, 2.75) is 32.9 Å². The summed E-state index contributed by atoms with van der Waals surface area (Å²) in [5.74, 6) is 2.32. The van der Waals surface area contributed by atoms with Gasteiger partial charge in [-0.3, -0.25) is 4.79 Å². The second-order valence-electron chi connectivity index (χ2n) is 6.25. The van der Waals surface area contributed by atoms with Gasteiger partial charge in [0.1, 0.15) is 12.8 Å². The van der Waals surface area contributed by atoms with Gasteiger partial charge in [0.15, 0.2) is 0 Å². The van der Waals surface area contributed by atoms with Crippen LogP contribution >= 0.6 is 0 Å². The van der Waals surface area contributed by atoms with Crippen LogP contribution in [0.3, 0.4) is 0 Å². The third kappa shape index (κ3) is 6.29. The Kier molecular flexibility index (Phi) is 8.32. The molecule has 0 aliphatic rings. The summed E-state index contributed by atoms with van der Waals surface area (Å²) >= 11 is 0. The SMILES string of the molecule is C#Cc1ccc2cc(C(=O)NC(CC)NC(=O)OCCOCCC)ccc2c1. The molecule has 0 saturated carbocycles. The summed E-state index contributed by atoms with van der Waals surface area (Å²) in [6.45, 7) is 5.02. The second-order valence-corrected chi connectivity index (χ2v) is 6.25. The van der Waals surface area contributed by atoms with Crippen molar-refractivity contribution < 1.29 is 19.1 Å². The molecule has 0 bridgehead atoms. The molecular weight excluding hydrogens is 356 g/mol. The number of alkyl carbamates (subject to hydrolysis) is 1. The summed E-state index contributed by atoms with van der Waals surface area (Å²) in [5, 5.41) is 7.32. The molecule has 148 valence electrons. The summed E-state index contributed by atoms with van der Waals surface area (Å²) in [5.41, 5.74) is 1.29. The standard InChI is InChI=1S/C22H26N2O4/c1-4-11-27-12-13-28-22(26)24-20(6-3)23-21(25)19-10-9-17-14-16(5-2)7-8-18(17)15-19/h2,7-10,14-15,20H,4,6,11-13H2,1,3H3,(H,23,25)(H,24,26). The normalized spacial score (nSPS) is 11.5. The molecule has 0 heterocycles. The first kappa shape index (κ1) is 21.3. The lowest BCUT2D eigenvalue weighted by molar-refractivity contribution is 0.0704. The number of terminal acetylenes is 1. The van der Waals surface area contributed by atoms with Crippen LogP contribution < -0.4 is 10.6 Å². The van der Waals surface area contributed by atoms with E-state index >= 15 is 0 Å². The molecule has 0 saturated heterocycles. The van der Waals surface area contributed by atoms with Crippen LogP contribution in [0.25, 0.3) is 10.8 Å². The van der Waals surface area contributed by atoms with Crippen LogP contribution in [0.15, 0.2) is 36.4 Å². The molecule has 2 N–H and O–H groups in total. The number of carbonyl (C=O) groups is 2. The minimum atomic E-state index is -0.590. The molecule has 2 amide bonds. The number of hydrogen-bond acceptors (Lipinski definition) is 4. The highest BCUT2D eigenvalue weighted by Gasteiger charge is 2.15. The minimum absolute atomic E-state index is 0.167. The fourth-order valence-electron chi connectivity index (χ4n) is 2.58. The minimum Gasteiger partial charge on any atom is -0.447 e. The molecule has 2 rings (SSSR count). The van der Waals surface area contributed by atoms with Crippen LogP contribution in [0.2, 0.25) is 0 Å². The van der Waals surface area contributed by atoms with Gasteiger partial charge in [-0.05, 0) is 47.9 Å². The summed E-state index contributed by atoms with van der Waals surface area (Å²) in [7, 11) is 0. The zero-order valence-electron chi connectivity index (χ0n) is 16.3. The van der Waals surface area contributed by atoms with E-state index in [9.17, 15) is 9.59 Å². The number of rotatable bonds is 9. The van der Waals surface area contributed by atoms with E-state index in [1.54, 1.807) is 12.1 Å². The Labute approximate surface area is 165 Å². The highest BCUT2D eigenvalue weighted by Crippen LogP contribution is 2.18. The average molecular weight is 382 g/mol. The third-order valence-electron chi connectivity index (χ3n) is 4.08. The van der Waals surface area contributed by atoms with Gasteiger partial charge in [-0.15, -0.1) is 6.42 Å². The van der Waals surface area contributed by atoms with E-state index in [2.05, 4.69) is 16.6 Å². The number of hydrogen-bond donors (Lipinski definition) is 2. The third-order valence-corrected chi connectivity index (χ3v) is 4.08. The summed E-state index contributed by atoms with van der Waals surface area (Å²) < 4.78 is 10.3. The first-order chi connectivity index (χ1) is 13.6. The molecule has 0 fully saturated rings. The molecule has 28 heavy (non-hydrogen) atoms. The molecule has 6 nitrogen and oxygen atoms in total. The smallest absolute Gasteiger partial charge is 0.408 e. The summed E-state index contributed by atoms with van der Waals surface area (Å²) in [4.78, 5) is 24.4. The highest BCUT2D eigenvalue weighted by molar-refractivity contribution is 5.99. The van der Waals surface area contributed by atoms with Crippen molar-refractivity contribution >= 4 is 22.8 Å². The van der Waals surface area contributed by atoms with Crippen molar-refractivity contribution in [2.24, 2.45) is 0 Å². The van der Waals surface area contributed by atoms with Crippen LogP contribution in [0.4, 0.5) is 4.79 Å². The lowest BCUT2D eigenvalue weighted by Gasteiger charge is -2.18. The van der Waals surface area contributed by atoms with Crippen molar-refractivity contribution in [3.05, 3.63) is 47.5 Å². The number of nitrogens with one attached hydrogen (secondary N) is 2. The second kappa shape index (κ2) is 11.0. The van der Waals surface area contributed by atoms with E-state index in [1.807, 2.05) is 38.1 Å². The first-order valence-corrected chi connectivity index (χ1v) is 9.39. The largest absolute Gasteiger partial charge is 0.447 e. The molecular formula is C22H26N2O4. The fraction of sp³-hybridized carbons (Fsp3) is 0.364. The van der Waals surface area contributed by atoms with Gasteiger partial charge in [-0.2, -0.15) is 0 Å². The van der Waals surface area contributed by atoms with Crippen LogP contribution in [-0.2, 0) is 9.47 Å². The Bertz CT molecular complexity index is 857. The first-order valence-electron chi connectivity index (χ1n) is 9.39.